The Bertz CT molecular complexity index is 751. The number of anilines is 1. The van der Waals surface area contributed by atoms with Gasteiger partial charge in [-0.05, 0) is 36.2 Å². The first-order valence-corrected chi connectivity index (χ1v) is 6.90. The van der Waals surface area contributed by atoms with Crippen molar-refractivity contribution in [1.82, 2.24) is 14.8 Å². The first-order chi connectivity index (χ1) is 10.3. The Kier molecular flexibility index (Phi) is 3.73. The van der Waals surface area contributed by atoms with Crippen LogP contribution in [0.3, 0.4) is 0 Å². The summed E-state index contributed by atoms with van der Waals surface area (Å²) in [6.07, 6.45) is 6.69. The Morgan fingerprint density at radius 3 is 2.95 bits per heavy atom. The summed E-state index contributed by atoms with van der Waals surface area (Å²) >= 11 is 0. The molecule has 3 rings (SSSR count). The van der Waals surface area contributed by atoms with Crippen molar-refractivity contribution in [2.75, 3.05) is 19.0 Å². The van der Waals surface area contributed by atoms with Gasteiger partial charge in [-0.3, -0.25) is 9.67 Å². The van der Waals surface area contributed by atoms with Crippen molar-refractivity contribution in [3.63, 3.8) is 0 Å². The smallest absolute Gasteiger partial charge is 0.119 e. The number of nitrogens with zero attached hydrogens (tertiary/aromatic N) is 3. The van der Waals surface area contributed by atoms with E-state index < -0.39 is 0 Å². The Morgan fingerprint density at radius 2 is 2.19 bits per heavy atom. The molecule has 0 bridgehead atoms. The van der Waals surface area contributed by atoms with E-state index in [0.29, 0.717) is 0 Å². The van der Waals surface area contributed by atoms with E-state index in [1.165, 1.54) is 5.56 Å². The minimum atomic E-state index is 0.839. The average Bonchev–Trinajstić information content (AvgIpc) is 2.92. The van der Waals surface area contributed by atoms with Crippen LogP contribution in [0.15, 0.2) is 42.9 Å². The van der Waals surface area contributed by atoms with Gasteiger partial charge >= 0.3 is 0 Å². The van der Waals surface area contributed by atoms with Crippen molar-refractivity contribution >= 4 is 16.6 Å². The van der Waals surface area contributed by atoms with Gasteiger partial charge in [-0.25, -0.2) is 0 Å². The zero-order chi connectivity index (χ0) is 14.7. The molecule has 2 aromatic heterocycles. The maximum Gasteiger partial charge on any atom is 0.119 e. The molecule has 1 aromatic carbocycles. The van der Waals surface area contributed by atoms with E-state index in [4.69, 9.17) is 4.74 Å². The summed E-state index contributed by atoms with van der Waals surface area (Å²) in [5.74, 6) is 0.839. The number of methoxy groups -OCH3 is 1. The summed E-state index contributed by atoms with van der Waals surface area (Å²) in [5, 5.41) is 8.71. The Balaban J connectivity index is 1.76. The van der Waals surface area contributed by atoms with Gasteiger partial charge < -0.3 is 10.1 Å². The van der Waals surface area contributed by atoms with E-state index in [2.05, 4.69) is 15.4 Å². The SMILES string of the molecule is COc1ccc2nccc(NCCc3cnn(C)c3)c2c1. The largest absolute Gasteiger partial charge is 0.497 e. The molecule has 0 aliphatic carbocycles. The number of rotatable bonds is 5. The zero-order valence-electron chi connectivity index (χ0n) is 12.2. The first-order valence-electron chi connectivity index (χ1n) is 6.90. The van der Waals surface area contributed by atoms with Crippen LogP contribution in [0.4, 0.5) is 5.69 Å². The maximum atomic E-state index is 5.29. The predicted octanol–water partition coefficient (Wildman–Crippen LogP) is 2.63. The second kappa shape index (κ2) is 5.83. The highest BCUT2D eigenvalue weighted by Crippen LogP contribution is 2.25. The van der Waals surface area contributed by atoms with Crippen molar-refractivity contribution in [1.29, 1.82) is 0 Å². The van der Waals surface area contributed by atoms with Gasteiger partial charge in [-0.1, -0.05) is 0 Å². The number of aryl methyl sites for hydroxylation is 1. The van der Waals surface area contributed by atoms with E-state index in [1.54, 1.807) is 7.11 Å². The lowest BCUT2D eigenvalue weighted by atomic mass is 10.1. The highest BCUT2D eigenvalue weighted by Gasteiger charge is 2.04. The van der Waals surface area contributed by atoms with Crippen LogP contribution in [0.25, 0.3) is 10.9 Å². The molecule has 0 radical (unpaired) electrons. The van der Waals surface area contributed by atoms with Crippen LogP contribution < -0.4 is 10.1 Å². The molecule has 0 aliphatic rings. The number of hydrogen-bond acceptors (Lipinski definition) is 4. The molecular weight excluding hydrogens is 264 g/mol. The minimum absolute atomic E-state index is 0.839. The fourth-order valence-corrected chi connectivity index (χ4v) is 2.35. The van der Waals surface area contributed by atoms with Crippen LogP contribution in [-0.4, -0.2) is 28.4 Å². The summed E-state index contributed by atoms with van der Waals surface area (Å²) < 4.78 is 7.11. The summed E-state index contributed by atoms with van der Waals surface area (Å²) in [5.41, 5.74) is 3.26. The third kappa shape index (κ3) is 2.97. The molecule has 21 heavy (non-hydrogen) atoms. The van der Waals surface area contributed by atoms with Crippen molar-refractivity contribution < 1.29 is 4.74 Å². The second-order valence-electron chi connectivity index (χ2n) is 4.94. The van der Waals surface area contributed by atoms with E-state index in [0.717, 1.165) is 35.3 Å². The van der Waals surface area contributed by atoms with Crippen LogP contribution in [-0.2, 0) is 13.5 Å². The normalized spacial score (nSPS) is 10.8. The molecule has 1 N–H and O–H groups in total. The summed E-state index contributed by atoms with van der Waals surface area (Å²) in [6.45, 7) is 0.849. The van der Waals surface area contributed by atoms with Gasteiger partial charge in [0.1, 0.15) is 5.75 Å². The standard InChI is InChI=1S/C16H18N4O/c1-20-11-12(10-19-20)5-7-17-16-6-8-18-15-4-3-13(21-2)9-14(15)16/h3-4,6,8-11H,5,7H2,1-2H3,(H,17,18). The summed E-state index contributed by atoms with van der Waals surface area (Å²) in [7, 11) is 3.60. The second-order valence-corrected chi connectivity index (χ2v) is 4.94. The number of nitrogens with one attached hydrogen (secondary N) is 1. The number of pyridine rings is 1. The third-order valence-corrected chi connectivity index (χ3v) is 3.44. The zero-order valence-corrected chi connectivity index (χ0v) is 12.2. The lowest BCUT2D eigenvalue weighted by molar-refractivity contribution is 0.415. The molecule has 108 valence electrons. The highest BCUT2D eigenvalue weighted by molar-refractivity contribution is 5.92. The van der Waals surface area contributed by atoms with E-state index >= 15 is 0 Å². The average molecular weight is 282 g/mol. The molecule has 0 fully saturated rings. The van der Waals surface area contributed by atoms with Crippen molar-refractivity contribution in [2.45, 2.75) is 6.42 Å². The molecule has 3 aromatic rings. The molecule has 5 heteroatoms. The van der Waals surface area contributed by atoms with Crippen molar-refractivity contribution in [2.24, 2.45) is 7.05 Å². The third-order valence-electron chi connectivity index (χ3n) is 3.44. The number of aromatic nitrogens is 3. The quantitative estimate of drug-likeness (QED) is 0.781. The molecule has 0 saturated heterocycles. The lowest BCUT2D eigenvalue weighted by Gasteiger charge is -2.10. The molecule has 2 heterocycles. The molecule has 0 atom stereocenters. The van der Waals surface area contributed by atoms with Gasteiger partial charge in [0, 0.05) is 37.1 Å². The maximum absolute atomic E-state index is 5.29. The lowest BCUT2D eigenvalue weighted by Crippen LogP contribution is -2.05. The minimum Gasteiger partial charge on any atom is -0.497 e. The molecule has 0 spiro atoms. The van der Waals surface area contributed by atoms with E-state index in [1.807, 2.05) is 54.6 Å². The predicted molar refractivity (Wildman–Crippen MR) is 83.7 cm³/mol. The van der Waals surface area contributed by atoms with Gasteiger partial charge in [-0.15, -0.1) is 0 Å². The molecule has 0 saturated carbocycles. The molecule has 0 amide bonds. The molecule has 0 aliphatic heterocycles. The van der Waals surface area contributed by atoms with E-state index in [-0.39, 0.29) is 0 Å². The Hall–Kier alpha value is -2.56. The van der Waals surface area contributed by atoms with Crippen LogP contribution >= 0.6 is 0 Å². The monoisotopic (exact) mass is 282 g/mol. The fourth-order valence-electron chi connectivity index (χ4n) is 2.35. The first kappa shape index (κ1) is 13.4. The number of ether oxygens (including phenoxy) is 1. The van der Waals surface area contributed by atoms with Crippen molar-refractivity contribution in [3.8, 4) is 5.75 Å². The summed E-state index contributed by atoms with van der Waals surface area (Å²) in [4.78, 5) is 4.38. The van der Waals surface area contributed by atoms with Crippen molar-refractivity contribution in [3.05, 3.63) is 48.4 Å². The molecular formula is C16H18N4O. The van der Waals surface area contributed by atoms with Crippen LogP contribution in [0.1, 0.15) is 5.56 Å². The van der Waals surface area contributed by atoms with Gasteiger partial charge in [0.15, 0.2) is 0 Å². The number of benzene rings is 1. The topological polar surface area (TPSA) is 52.0 Å². The van der Waals surface area contributed by atoms with Gasteiger partial charge in [0.2, 0.25) is 0 Å². The fraction of sp³-hybridized carbons (Fsp3) is 0.250. The van der Waals surface area contributed by atoms with Crippen LogP contribution in [0.2, 0.25) is 0 Å². The Labute approximate surface area is 123 Å². The number of fused-ring (bicyclic) bond motifs is 1. The summed E-state index contributed by atoms with van der Waals surface area (Å²) in [6, 6.07) is 7.90. The highest BCUT2D eigenvalue weighted by atomic mass is 16.5. The van der Waals surface area contributed by atoms with Crippen LogP contribution in [0, 0.1) is 0 Å². The molecule has 5 nitrogen and oxygen atoms in total. The molecule has 0 unspecified atom stereocenters. The Morgan fingerprint density at radius 1 is 1.29 bits per heavy atom. The van der Waals surface area contributed by atoms with Gasteiger partial charge in [0.25, 0.3) is 0 Å². The van der Waals surface area contributed by atoms with Crippen LogP contribution in [0.5, 0.6) is 5.75 Å². The number of hydrogen-bond donors (Lipinski definition) is 1. The van der Waals surface area contributed by atoms with E-state index in [9.17, 15) is 0 Å². The van der Waals surface area contributed by atoms with Gasteiger partial charge in [0.05, 0.1) is 18.8 Å². The van der Waals surface area contributed by atoms with Gasteiger partial charge in [-0.2, -0.15) is 5.10 Å².